The van der Waals surface area contributed by atoms with Crippen molar-refractivity contribution in [2.45, 2.75) is 13.8 Å². The Hall–Kier alpha value is -3.66. The van der Waals surface area contributed by atoms with Gasteiger partial charge in [0, 0.05) is 28.8 Å². The maximum Gasteiger partial charge on any atom is 0.213 e. The first-order chi connectivity index (χ1) is 14.5. The molecule has 150 valence electrons. The summed E-state index contributed by atoms with van der Waals surface area (Å²) in [7, 11) is 0. The Bertz CT molecular complexity index is 1110. The topological polar surface area (TPSA) is 50.8 Å². The van der Waals surface area contributed by atoms with Gasteiger partial charge in [-0.25, -0.2) is 9.97 Å². The van der Waals surface area contributed by atoms with Crippen LogP contribution >= 0.6 is 0 Å². The molecule has 0 saturated carbocycles. The number of nitrogens with one attached hydrogen (secondary N) is 1. The first-order valence-corrected chi connectivity index (χ1v) is 9.98. The van der Waals surface area contributed by atoms with Gasteiger partial charge >= 0.3 is 0 Å². The van der Waals surface area contributed by atoms with Gasteiger partial charge in [0.2, 0.25) is 5.88 Å². The highest BCUT2D eigenvalue weighted by Crippen LogP contribution is 2.26. The molecule has 0 atom stereocenters. The molecular formula is C26H25N3O. The number of benzene rings is 2. The normalized spacial score (nSPS) is 11.3. The Labute approximate surface area is 177 Å². The minimum absolute atomic E-state index is 0.0809. The fourth-order valence-corrected chi connectivity index (χ4v) is 3.01. The second-order valence-corrected chi connectivity index (χ2v) is 7.96. The number of rotatable bonds is 7. The molecule has 30 heavy (non-hydrogen) atoms. The SMILES string of the molecule is C=CC(C)(C)COc1ccc(-c2ccc(-c3ncc(-c4ccccc4)[nH]3)cc2)cn1. The van der Waals surface area contributed by atoms with Crippen LogP contribution in [-0.2, 0) is 0 Å². The average molecular weight is 396 g/mol. The Kier molecular flexibility index (Phi) is 5.48. The van der Waals surface area contributed by atoms with Crippen molar-refractivity contribution < 1.29 is 4.74 Å². The molecule has 4 aromatic rings. The van der Waals surface area contributed by atoms with Crippen LogP contribution in [0, 0.1) is 5.41 Å². The maximum absolute atomic E-state index is 5.77. The van der Waals surface area contributed by atoms with Crippen molar-refractivity contribution in [1.29, 1.82) is 0 Å². The monoisotopic (exact) mass is 395 g/mol. The quantitative estimate of drug-likeness (QED) is 0.369. The first kappa shape index (κ1) is 19.6. The predicted octanol–water partition coefficient (Wildman–Crippen LogP) is 6.40. The van der Waals surface area contributed by atoms with Crippen LogP contribution in [0.4, 0.5) is 0 Å². The van der Waals surface area contributed by atoms with Gasteiger partial charge in [-0.05, 0) is 17.2 Å². The molecule has 0 aliphatic heterocycles. The predicted molar refractivity (Wildman–Crippen MR) is 122 cm³/mol. The van der Waals surface area contributed by atoms with E-state index in [9.17, 15) is 0 Å². The summed E-state index contributed by atoms with van der Waals surface area (Å²) in [5, 5.41) is 0. The van der Waals surface area contributed by atoms with Crippen LogP contribution in [0.3, 0.4) is 0 Å². The van der Waals surface area contributed by atoms with Crippen LogP contribution in [-0.4, -0.2) is 21.6 Å². The number of aromatic amines is 1. The summed E-state index contributed by atoms with van der Waals surface area (Å²) in [6.45, 7) is 8.55. The summed E-state index contributed by atoms with van der Waals surface area (Å²) in [6.07, 6.45) is 5.60. The van der Waals surface area contributed by atoms with Gasteiger partial charge in [0.1, 0.15) is 5.82 Å². The Morgan fingerprint density at radius 2 is 1.53 bits per heavy atom. The van der Waals surface area contributed by atoms with E-state index in [1.54, 1.807) is 0 Å². The van der Waals surface area contributed by atoms with Crippen molar-refractivity contribution >= 4 is 0 Å². The third kappa shape index (κ3) is 4.49. The van der Waals surface area contributed by atoms with Gasteiger partial charge in [0.05, 0.1) is 18.5 Å². The van der Waals surface area contributed by atoms with Crippen molar-refractivity contribution in [3.05, 3.63) is 91.8 Å². The zero-order chi connectivity index (χ0) is 21.0. The minimum atomic E-state index is -0.0809. The Morgan fingerprint density at radius 1 is 0.833 bits per heavy atom. The Balaban J connectivity index is 1.46. The van der Waals surface area contributed by atoms with Gasteiger partial charge in [-0.3, -0.25) is 0 Å². The third-order valence-electron chi connectivity index (χ3n) is 5.03. The van der Waals surface area contributed by atoms with E-state index in [1.807, 2.05) is 48.8 Å². The van der Waals surface area contributed by atoms with Gasteiger partial charge in [-0.15, -0.1) is 6.58 Å². The van der Waals surface area contributed by atoms with Crippen molar-refractivity contribution in [3.8, 4) is 39.7 Å². The molecule has 4 heteroatoms. The average Bonchev–Trinajstić information content (AvgIpc) is 3.29. The third-order valence-corrected chi connectivity index (χ3v) is 5.03. The van der Waals surface area contributed by atoms with E-state index in [1.165, 1.54) is 0 Å². The molecule has 4 nitrogen and oxygen atoms in total. The number of aromatic nitrogens is 3. The van der Waals surface area contributed by atoms with E-state index < -0.39 is 0 Å². The molecule has 2 heterocycles. The van der Waals surface area contributed by atoms with E-state index >= 15 is 0 Å². The molecule has 0 saturated heterocycles. The van der Waals surface area contributed by atoms with Gasteiger partial charge in [0.15, 0.2) is 0 Å². The van der Waals surface area contributed by atoms with Crippen LogP contribution in [0.5, 0.6) is 5.88 Å². The van der Waals surface area contributed by atoms with Crippen LogP contribution in [0.15, 0.2) is 91.8 Å². The molecule has 1 N–H and O–H groups in total. The lowest BCUT2D eigenvalue weighted by atomic mass is 9.95. The largest absolute Gasteiger partial charge is 0.477 e. The molecule has 0 amide bonds. The summed E-state index contributed by atoms with van der Waals surface area (Å²) in [5.41, 5.74) is 5.23. The van der Waals surface area contributed by atoms with E-state index in [0.717, 1.165) is 33.8 Å². The summed E-state index contributed by atoms with van der Waals surface area (Å²) < 4.78 is 5.77. The van der Waals surface area contributed by atoms with E-state index in [0.29, 0.717) is 12.5 Å². The fourth-order valence-electron chi connectivity index (χ4n) is 3.01. The number of imidazole rings is 1. The molecule has 0 radical (unpaired) electrons. The van der Waals surface area contributed by atoms with Crippen LogP contribution < -0.4 is 4.74 Å². The van der Waals surface area contributed by atoms with E-state index in [2.05, 4.69) is 71.8 Å². The molecule has 0 fully saturated rings. The highest BCUT2D eigenvalue weighted by molar-refractivity contribution is 5.69. The second kappa shape index (κ2) is 8.37. The van der Waals surface area contributed by atoms with Gasteiger partial charge in [-0.2, -0.15) is 0 Å². The van der Waals surface area contributed by atoms with Crippen LogP contribution in [0.25, 0.3) is 33.8 Å². The van der Waals surface area contributed by atoms with Gasteiger partial charge in [0.25, 0.3) is 0 Å². The summed E-state index contributed by atoms with van der Waals surface area (Å²) in [4.78, 5) is 12.4. The molecule has 0 aliphatic carbocycles. The molecule has 2 aromatic heterocycles. The van der Waals surface area contributed by atoms with Crippen molar-refractivity contribution in [2.24, 2.45) is 5.41 Å². The van der Waals surface area contributed by atoms with E-state index in [4.69, 9.17) is 4.74 Å². The minimum Gasteiger partial charge on any atom is -0.477 e. The number of ether oxygens (including phenoxy) is 1. The zero-order valence-corrected chi connectivity index (χ0v) is 17.3. The molecule has 2 aromatic carbocycles. The molecular weight excluding hydrogens is 370 g/mol. The van der Waals surface area contributed by atoms with Gasteiger partial charge < -0.3 is 9.72 Å². The number of pyridine rings is 1. The van der Waals surface area contributed by atoms with E-state index in [-0.39, 0.29) is 5.41 Å². The molecule has 0 spiro atoms. The number of hydrogen-bond acceptors (Lipinski definition) is 3. The lowest BCUT2D eigenvalue weighted by molar-refractivity contribution is 0.214. The lowest BCUT2D eigenvalue weighted by Crippen LogP contribution is -2.18. The zero-order valence-electron chi connectivity index (χ0n) is 17.3. The highest BCUT2D eigenvalue weighted by Gasteiger charge is 2.14. The van der Waals surface area contributed by atoms with Crippen LogP contribution in [0.2, 0.25) is 0 Å². The van der Waals surface area contributed by atoms with Crippen molar-refractivity contribution in [2.75, 3.05) is 6.61 Å². The second-order valence-electron chi connectivity index (χ2n) is 7.96. The van der Waals surface area contributed by atoms with Crippen molar-refractivity contribution in [1.82, 2.24) is 15.0 Å². The molecule has 4 rings (SSSR count). The number of H-pyrrole nitrogens is 1. The summed E-state index contributed by atoms with van der Waals surface area (Å²) in [5.74, 6) is 1.47. The van der Waals surface area contributed by atoms with Crippen LogP contribution in [0.1, 0.15) is 13.8 Å². The van der Waals surface area contributed by atoms with Gasteiger partial charge in [-0.1, -0.05) is 74.5 Å². The molecule has 0 unspecified atom stereocenters. The standard InChI is InChI=1S/C26H25N3O/c1-4-26(2,3)18-30-24-15-14-22(16-27-24)19-10-12-21(13-11-19)25-28-17-23(29-25)20-8-6-5-7-9-20/h4-17H,1,18H2,2-3H3,(H,28,29). The molecule has 0 aliphatic rings. The summed E-state index contributed by atoms with van der Waals surface area (Å²) in [6, 6.07) is 22.4. The lowest BCUT2D eigenvalue weighted by Gasteiger charge is -2.19. The Morgan fingerprint density at radius 3 is 2.20 bits per heavy atom. The number of hydrogen-bond donors (Lipinski definition) is 1. The highest BCUT2D eigenvalue weighted by atomic mass is 16.5. The molecule has 0 bridgehead atoms. The number of nitrogens with zero attached hydrogens (tertiary/aromatic N) is 2. The fraction of sp³-hybridized carbons (Fsp3) is 0.154. The van der Waals surface area contributed by atoms with Crippen molar-refractivity contribution in [3.63, 3.8) is 0 Å². The smallest absolute Gasteiger partial charge is 0.213 e. The summed E-state index contributed by atoms with van der Waals surface area (Å²) >= 11 is 0. The first-order valence-electron chi connectivity index (χ1n) is 9.98. The maximum atomic E-state index is 5.77.